The Morgan fingerprint density at radius 1 is 0.667 bits per heavy atom. The van der Waals surface area contributed by atoms with Crippen molar-refractivity contribution >= 4 is 0 Å². The van der Waals surface area contributed by atoms with Crippen molar-refractivity contribution in [1.82, 2.24) is 0 Å². The summed E-state index contributed by atoms with van der Waals surface area (Å²) in [6.45, 7) is 2.60. The molecular weight excluding hydrogens is 180 g/mol. The molecule has 0 aromatic heterocycles. The second-order valence-corrected chi connectivity index (χ2v) is 6.74. The summed E-state index contributed by atoms with van der Waals surface area (Å²) >= 11 is 0. The summed E-state index contributed by atoms with van der Waals surface area (Å²) < 4.78 is 0. The van der Waals surface area contributed by atoms with Gasteiger partial charge in [-0.15, -0.1) is 0 Å². The van der Waals surface area contributed by atoms with Crippen LogP contribution in [0.4, 0.5) is 0 Å². The Morgan fingerprint density at radius 2 is 1.07 bits per heavy atom. The van der Waals surface area contributed by atoms with E-state index in [4.69, 9.17) is 0 Å². The zero-order valence-corrected chi connectivity index (χ0v) is 10.4. The van der Waals surface area contributed by atoms with Gasteiger partial charge in [-0.1, -0.05) is 45.4 Å². The summed E-state index contributed by atoms with van der Waals surface area (Å²) in [6, 6.07) is 0. The van der Waals surface area contributed by atoms with Crippen LogP contribution in [0, 0.1) is 16.7 Å². The molecule has 0 aliphatic heterocycles. The second-order valence-electron chi connectivity index (χ2n) is 6.74. The Bertz CT molecular complexity index is 204. The van der Waals surface area contributed by atoms with E-state index in [2.05, 4.69) is 6.92 Å². The van der Waals surface area contributed by atoms with Crippen molar-refractivity contribution in [2.45, 2.75) is 77.6 Å². The molecule has 3 rings (SSSR count). The molecule has 3 aliphatic rings. The summed E-state index contributed by atoms with van der Waals surface area (Å²) in [5.74, 6) is 1.06. The molecule has 3 aliphatic carbocycles. The number of hydrogen-bond acceptors (Lipinski definition) is 0. The minimum absolute atomic E-state index is 0.829. The Labute approximate surface area is 94.8 Å². The van der Waals surface area contributed by atoms with E-state index in [0.29, 0.717) is 0 Å². The third-order valence-corrected chi connectivity index (χ3v) is 6.24. The highest BCUT2D eigenvalue weighted by atomic mass is 14.6. The summed E-state index contributed by atoms with van der Waals surface area (Å²) in [5.41, 5.74) is 1.66. The van der Waals surface area contributed by atoms with Crippen LogP contribution < -0.4 is 0 Å². The number of rotatable bonds is 0. The summed E-state index contributed by atoms with van der Waals surface area (Å²) in [7, 11) is 0. The molecule has 0 amide bonds. The third-order valence-electron chi connectivity index (χ3n) is 6.24. The first-order chi connectivity index (χ1) is 7.28. The van der Waals surface area contributed by atoms with Crippen LogP contribution in [0.2, 0.25) is 0 Å². The van der Waals surface area contributed by atoms with Gasteiger partial charge in [-0.3, -0.25) is 0 Å². The molecule has 0 unspecified atom stereocenters. The first-order valence-corrected chi connectivity index (χ1v) is 7.28. The van der Waals surface area contributed by atoms with E-state index >= 15 is 0 Å². The van der Waals surface area contributed by atoms with Crippen LogP contribution in [0.15, 0.2) is 0 Å². The van der Waals surface area contributed by atoms with Gasteiger partial charge in [-0.05, 0) is 48.9 Å². The largest absolute Gasteiger partial charge is 0.0614 e. The molecule has 0 saturated heterocycles. The van der Waals surface area contributed by atoms with Crippen molar-refractivity contribution < 1.29 is 0 Å². The van der Waals surface area contributed by atoms with Crippen molar-refractivity contribution in [2.75, 3.05) is 0 Å². The molecule has 86 valence electrons. The number of hydrogen-bond donors (Lipinski definition) is 0. The zero-order valence-electron chi connectivity index (χ0n) is 10.4. The smallest absolute Gasteiger partial charge is 0.0261 e. The Kier molecular flexibility index (Phi) is 2.37. The topological polar surface area (TPSA) is 0 Å². The van der Waals surface area contributed by atoms with Crippen molar-refractivity contribution in [2.24, 2.45) is 16.7 Å². The molecule has 2 spiro atoms. The van der Waals surface area contributed by atoms with Crippen molar-refractivity contribution in [1.29, 1.82) is 0 Å². The van der Waals surface area contributed by atoms with Crippen LogP contribution in [0.3, 0.4) is 0 Å². The van der Waals surface area contributed by atoms with Crippen molar-refractivity contribution in [3.8, 4) is 0 Å². The maximum atomic E-state index is 2.60. The molecule has 0 bridgehead atoms. The molecule has 0 radical (unpaired) electrons. The average molecular weight is 206 g/mol. The van der Waals surface area contributed by atoms with E-state index in [-0.39, 0.29) is 0 Å². The molecule has 15 heavy (non-hydrogen) atoms. The lowest BCUT2D eigenvalue weighted by Crippen LogP contribution is -2.56. The molecule has 3 fully saturated rings. The lowest BCUT2D eigenvalue weighted by atomic mass is 9.39. The minimum Gasteiger partial charge on any atom is -0.0614 e. The summed E-state index contributed by atoms with van der Waals surface area (Å²) in [4.78, 5) is 0. The van der Waals surface area contributed by atoms with Gasteiger partial charge in [0.1, 0.15) is 0 Å². The predicted octanol–water partition coefficient (Wildman–Crippen LogP) is 4.93. The van der Waals surface area contributed by atoms with Crippen molar-refractivity contribution in [3.05, 3.63) is 0 Å². The van der Waals surface area contributed by atoms with Crippen LogP contribution >= 0.6 is 0 Å². The van der Waals surface area contributed by atoms with E-state index in [0.717, 1.165) is 16.7 Å². The van der Waals surface area contributed by atoms with Crippen LogP contribution in [0.25, 0.3) is 0 Å². The lowest BCUT2D eigenvalue weighted by Gasteiger charge is -2.65. The maximum absolute atomic E-state index is 2.60. The van der Waals surface area contributed by atoms with E-state index in [1.54, 1.807) is 32.1 Å². The van der Waals surface area contributed by atoms with E-state index in [9.17, 15) is 0 Å². The Morgan fingerprint density at radius 3 is 1.40 bits per heavy atom. The van der Waals surface area contributed by atoms with Crippen LogP contribution in [-0.4, -0.2) is 0 Å². The average Bonchev–Trinajstić information content (AvgIpc) is 2.31. The second kappa shape index (κ2) is 3.50. The first-order valence-electron chi connectivity index (χ1n) is 7.28. The van der Waals surface area contributed by atoms with Gasteiger partial charge < -0.3 is 0 Å². The molecule has 3 saturated carbocycles. The van der Waals surface area contributed by atoms with Gasteiger partial charge in [0, 0.05) is 0 Å². The normalized spacial score (nSPS) is 34.2. The van der Waals surface area contributed by atoms with Gasteiger partial charge >= 0.3 is 0 Å². The van der Waals surface area contributed by atoms with Gasteiger partial charge in [0.25, 0.3) is 0 Å². The van der Waals surface area contributed by atoms with Gasteiger partial charge in [0.15, 0.2) is 0 Å². The third kappa shape index (κ3) is 1.40. The molecule has 0 N–H and O–H groups in total. The monoisotopic (exact) mass is 206 g/mol. The minimum atomic E-state index is 0.829. The maximum Gasteiger partial charge on any atom is -0.0261 e. The van der Waals surface area contributed by atoms with Gasteiger partial charge in [-0.2, -0.15) is 0 Å². The van der Waals surface area contributed by atoms with Gasteiger partial charge in [0.05, 0.1) is 0 Å². The van der Waals surface area contributed by atoms with Crippen LogP contribution in [0.5, 0.6) is 0 Å². The molecule has 0 aromatic rings. The molecule has 0 aromatic carbocycles. The summed E-state index contributed by atoms with van der Waals surface area (Å²) in [6.07, 6.45) is 17.0. The van der Waals surface area contributed by atoms with Gasteiger partial charge in [-0.25, -0.2) is 0 Å². The zero-order chi connectivity index (χ0) is 10.4. The summed E-state index contributed by atoms with van der Waals surface area (Å²) in [5, 5.41) is 0. The van der Waals surface area contributed by atoms with Crippen LogP contribution in [-0.2, 0) is 0 Å². The standard InChI is InChI=1S/C15H26/c1-13-14(8-4-2-5-9-14)12-15(13)10-6-3-7-11-15/h13H,2-12H2,1H3. The molecule has 0 nitrogen and oxygen atoms in total. The fourth-order valence-corrected chi connectivity index (χ4v) is 5.26. The van der Waals surface area contributed by atoms with Gasteiger partial charge in [0.2, 0.25) is 0 Å². The molecule has 0 atom stereocenters. The van der Waals surface area contributed by atoms with E-state index in [1.165, 1.54) is 38.5 Å². The first kappa shape index (κ1) is 10.2. The molecular formula is C15H26. The fourth-order valence-electron chi connectivity index (χ4n) is 5.26. The highest BCUT2D eigenvalue weighted by molar-refractivity contribution is 5.09. The van der Waals surface area contributed by atoms with E-state index < -0.39 is 0 Å². The molecule has 0 heteroatoms. The molecule has 0 heterocycles. The Hall–Kier alpha value is 0. The highest BCUT2D eigenvalue weighted by Crippen LogP contribution is 2.69. The highest BCUT2D eigenvalue weighted by Gasteiger charge is 2.59. The Balaban J connectivity index is 1.72. The van der Waals surface area contributed by atoms with Crippen LogP contribution in [0.1, 0.15) is 77.6 Å². The lowest BCUT2D eigenvalue weighted by molar-refractivity contribution is -0.156. The van der Waals surface area contributed by atoms with E-state index in [1.807, 2.05) is 0 Å². The fraction of sp³-hybridized carbons (Fsp3) is 1.00. The predicted molar refractivity (Wildman–Crippen MR) is 64.8 cm³/mol. The SMILES string of the molecule is CC1C2(CCCCC2)CC12CCCCC2. The quantitative estimate of drug-likeness (QED) is 0.527. The van der Waals surface area contributed by atoms with Crippen molar-refractivity contribution in [3.63, 3.8) is 0 Å².